The summed E-state index contributed by atoms with van der Waals surface area (Å²) in [5, 5.41) is 0. The van der Waals surface area contributed by atoms with Gasteiger partial charge in [0, 0.05) is 6.04 Å². The van der Waals surface area contributed by atoms with Crippen molar-refractivity contribution in [2.45, 2.75) is 32.6 Å². The molecule has 0 saturated heterocycles. The van der Waals surface area contributed by atoms with Crippen molar-refractivity contribution in [2.75, 3.05) is 0 Å². The van der Waals surface area contributed by atoms with Gasteiger partial charge in [0.1, 0.15) is 0 Å². The van der Waals surface area contributed by atoms with E-state index in [1.165, 1.54) is 5.56 Å². The van der Waals surface area contributed by atoms with E-state index in [9.17, 15) is 0 Å². The summed E-state index contributed by atoms with van der Waals surface area (Å²) in [5.41, 5.74) is 3.86. The monoisotopic (exact) mass is 194 g/mol. The zero-order chi connectivity index (χ0) is 10.4. The largest absolute Gasteiger partial charge is 0.372 e. The maximum absolute atomic E-state index is 5.64. The lowest BCUT2D eigenvalue weighted by atomic mass is 10.2. The third kappa shape index (κ3) is 3.46. The lowest BCUT2D eigenvalue weighted by Gasteiger charge is -2.19. The van der Waals surface area contributed by atoms with Crippen LogP contribution >= 0.6 is 0 Å². The van der Waals surface area contributed by atoms with Gasteiger partial charge in [0.15, 0.2) is 0 Å². The molecule has 1 rings (SSSR count). The van der Waals surface area contributed by atoms with Crippen LogP contribution in [-0.4, -0.2) is 12.1 Å². The van der Waals surface area contributed by atoms with Crippen LogP contribution in [0.4, 0.5) is 0 Å². The number of nitrogens with two attached hydrogens (primary N) is 1. The standard InChI is InChI=1S/C11H18N2O/c1-9(13-12)10(2)14-8-11-6-4-3-5-7-11/h3-7,9-10,13H,8,12H2,1-2H3/t9-,10?/m0/s1. The highest BCUT2D eigenvalue weighted by Gasteiger charge is 2.09. The van der Waals surface area contributed by atoms with Gasteiger partial charge in [-0.15, -0.1) is 0 Å². The van der Waals surface area contributed by atoms with Crippen LogP contribution < -0.4 is 11.3 Å². The van der Waals surface area contributed by atoms with Crippen molar-refractivity contribution < 1.29 is 4.74 Å². The summed E-state index contributed by atoms with van der Waals surface area (Å²) in [6, 6.07) is 10.3. The summed E-state index contributed by atoms with van der Waals surface area (Å²) in [6.07, 6.45) is 0.111. The summed E-state index contributed by atoms with van der Waals surface area (Å²) in [6.45, 7) is 4.64. The first-order chi connectivity index (χ1) is 6.74. The molecule has 1 aromatic carbocycles. The number of hydrogen-bond acceptors (Lipinski definition) is 3. The van der Waals surface area contributed by atoms with Crippen molar-refractivity contribution in [2.24, 2.45) is 5.84 Å². The minimum absolute atomic E-state index is 0.111. The minimum Gasteiger partial charge on any atom is -0.372 e. The fourth-order valence-corrected chi connectivity index (χ4v) is 1.08. The molecule has 14 heavy (non-hydrogen) atoms. The summed E-state index contributed by atoms with van der Waals surface area (Å²) in [4.78, 5) is 0. The van der Waals surface area contributed by atoms with Crippen molar-refractivity contribution in [1.29, 1.82) is 0 Å². The van der Waals surface area contributed by atoms with Crippen molar-refractivity contribution in [3.63, 3.8) is 0 Å². The Morgan fingerprint density at radius 3 is 2.50 bits per heavy atom. The molecule has 2 atom stereocenters. The van der Waals surface area contributed by atoms with Gasteiger partial charge in [-0.1, -0.05) is 30.3 Å². The maximum atomic E-state index is 5.64. The number of hydrazine groups is 1. The Labute approximate surface area is 85.2 Å². The van der Waals surface area contributed by atoms with E-state index in [1.807, 2.05) is 44.2 Å². The highest BCUT2D eigenvalue weighted by Crippen LogP contribution is 2.05. The quantitative estimate of drug-likeness (QED) is 0.551. The Morgan fingerprint density at radius 2 is 1.93 bits per heavy atom. The maximum Gasteiger partial charge on any atom is 0.0721 e. The van der Waals surface area contributed by atoms with E-state index < -0.39 is 0 Å². The molecule has 0 heterocycles. The summed E-state index contributed by atoms with van der Waals surface area (Å²) in [5.74, 6) is 5.31. The van der Waals surface area contributed by atoms with Crippen LogP contribution in [0, 0.1) is 0 Å². The molecular formula is C11H18N2O. The minimum atomic E-state index is 0.111. The van der Waals surface area contributed by atoms with E-state index in [1.54, 1.807) is 0 Å². The van der Waals surface area contributed by atoms with Crippen molar-refractivity contribution >= 4 is 0 Å². The molecule has 78 valence electrons. The van der Waals surface area contributed by atoms with Crippen LogP contribution in [0.15, 0.2) is 30.3 Å². The van der Waals surface area contributed by atoms with Crippen LogP contribution in [0.3, 0.4) is 0 Å². The highest BCUT2D eigenvalue weighted by atomic mass is 16.5. The fourth-order valence-electron chi connectivity index (χ4n) is 1.08. The van der Waals surface area contributed by atoms with Crippen LogP contribution in [0.1, 0.15) is 19.4 Å². The van der Waals surface area contributed by atoms with Gasteiger partial charge in [-0.25, -0.2) is 0 Å². The topological polar surface area (TPSA) is 47.3 Å². The lowest BCUT2D eigenvalue weighted by molar-refractivity contribution is 0.0313. The molecule has 0 amide bonds. The SMILES string of the molecule is CC(OCc1ccccc1)[C@H](C)NN. The average Bonchev–Trinajstić information content (AvgIpc) is 2.26. The number of benzene rings is 1. The van der Waals surface area contributed by atoms with Gasteiger partial charge < -0.3 is 4.74 Å². The first-order valence-corrected chi connectivity index (χ1v) is 4.85. The van der Waals surface area contributed by atoms with Gasteiger partial charge in [0.2, 0.25) is 0 Å². The summed E-state index contributed by atoms with van der Waals surface area (Å²) >= 11 is 0. The molecule has 3 heteroatoms. The molecule has 0 aliphatic heterocycles. The molecular weight excluding hydrogens is 176 g/mol. The number of rotatable bonds is 5. The predicted octanol–water partition coefficient (Wildman–Crippen LogP) is 1.44. The van der Waals surface area contributed by atoms with E-state index in [0.717, 1.165) is 0 Å². The second-order valence-electron chi connectivity index (χ2n) is 3.46. The zero-order valence-corrected chi connectivity index (χ0v) is 8.73. The lowest BCUT2D eigenvalue weighted by Crippen LogP contribution is -2.41. The van der Waals surface area contributed by atoms with E-state index in [-0.39, 0.29) is 12.1 Å². The van der Waals surface area contributed by atoms with E-state index in [4.69, 9.17) is 10.6 Å². The van der Waals surface area contributed by atoms with E-state index in [0.29, 0.717) is 6.61 Å². The van der Waals surface area contributed by atoms with Gasteiger partial charge in [-0.3, -0.25) is 11.3 Å². The Hall–Kier alpha value is -0.900. The van der Waals surface area contributed by atoms with Gasteiger partial charge in [0.05, 0.1) is 12.7 Å². The van der Waals surface area contributed by atoms with Gasteiger partial charge >= 0.3 is 0 Å². The van der Waals surface area contributed by atoms with Gasteiger partial charge in [0.25, 0.3) is 0 Å². The van der Waals surface area contributed by atoms with Crippen molar-refractivity contribution in [3.8, 4) is 0 Å². The molecule has 0 aromatic heterocycles. The predicted molar refractivity (Wildman–Crippen MR) is 57.5 cm³/mol. The Bertz CT molecular complexity index is 251. The van der Waals surface area contributed by atoms with Gasteiger partial charge in [-0.2, -0.15) is 0 Å². The number of nitrogens with one attached hydrogen (secondary N) is 1. The molecule has 0 bridgehead atoms. The second kappa shape index (κ2) is 5.75. The summed E-state index contributed by atoms with van der Waals surface area (Å²) < 4.78 is 5.64. The molecule has 0 radical (unpaired) electrons. The molecule has 0 spiro atoms. The van der Waals surface area contributed by atoms with E-state index >= 15 is 0 Å². The highest BCUT2D eigenvalue weighted by molar-refractivity contribution is 5.13. The summed E-state index contributed by atoms with van der Waals surface area (Å²) in [7, 11) is 0. The molecule has 0 saturated carbocycles. The van der Waals surface area contributed by atoms with Crippen LogP contribution in [0.2, 0.25) is 0 Å². The Kier molecular flexibility index (Phi) is 4.59. The van der Waals surface area contributed by atoms with E-state index in [2.05, 4.69) is 5.43 Å². The molecule has 0 aliphatic rings. The van der Waals surface area contributed by atoms with Crippen LogP contribution in [-0.2, 0) is 11.3 Å². The zero-order valence-electron chi connectivity index (χ0n) is 8.73. The van der Waals surface area contributed by atoms with Crippen molar-refractivity contribution in [1.82, 2.24) is 5.43 Å². The van der Waals surface area contributed by atoms with Crippen LogP contribution in [0.25, 0.3) is 0 Å². The molecule has 0 fully saturated rings. The number of ether oxygens (including phenoxy) is 1. The van der Waals surface area contributed by atoms with Gasteiger partial charge in [-0.05, 0) is 19.4 Å². The molecule has 3 N–H and O–H groups in total. The van der Waals surface area contributed by atoms with Crippen molar-refractivity contribution in [3.05, 3.63) is 35.9 Å². The first-order valence-electron chi connectivity index (χ1n) is 4.85. The second-order valence-corrected chi connectivity index (χ2v) is 3.46. The Morgan fingerprint density at radius 1 is 1.29 bits per heavy atom. The van der Waals surface area contributed by atoms with Crippen LogP contribution in [0.5, 0.6) is 0 Å². The Balaban J connectivity index is 2.34. The smallest absolute Gasteiger partial charge is 0.0721 e. The fraction of sp³-hybridized carbons (Fsp3) is 0.455. The third-order valence-electron chi connectivity index (χ3n) is 2.32. The first kappa shape index (κ1) is 11.2. The third-order valence-corrected chi connectivity index (χ3v) is 2.32. The molecule has 1 aromatic rings. The molecule has 3 nitrogen and oxygen atoms in total. The normalized spacial score (nSPS) is 15.1. The molecule has 0 aliphatic carbocycles. The molecule has 1 unspecified atom stereocenters. The average molecular weight is 194 g/mol. The number of hydrogen-bond donors (Lipinski definition) is 2.